The Balaban J connectivity index is 2.02. The molecule has 0 spiro atoms. The van der Waals surface area contributed by atoms with Gasteiger partial charge in [-0.15, -0.1) is 0 Å². The van der Waals surface area contributed by atoms with Crippen molar-refractivity contribution in [2.75, 3.05) is 0 Å². The maximum atomic E-state index is 14.1. The van der Waals surface area contributed by atoms with Crippen LogP contribution in [0, 0.1) is 5.82 Å². The Morgan fingerprint density at radius 3 is 2.63 bits per heavy atom. The molecule has 0 aromatic heterocycles. The Morgan fingerprint density at radius 1 is 1.21 bits per heavy atom. The van der Waals surface area contributed by atoms with Crippen LogP contribution in [0.25, 0.3) is 0 Å². The van der Waals surface area contributed by atoms with Crippen molar-refractivity contribution in [1.82, 2.24) is 4.90 Å². The lowest BCUT2D eigenvalue weighted by Crippen LogP contribution is -2.43. The number of likely N-dealkylation sites (tertiary alicyclic amines) is 1. The minimum absolute atomic E-state index is 0.128. The molecule has 3 rings (SSSR count). The number of halogens is 1. The van der Waals surface area contributed by atoms with Crippen molar-refractivity contribution in [3.8, 4) is 0 Å². The topological polar surface area (TPSA) is 46.3 Å². The fourth-order valence-electron chi connectivity index (χ4n) is 3.02. The first-order valence-electron chi connectivity index (χ1n) is 6.99. The molecule has 4 heteroatoms. The van der Waals surface area contributed by atoms with Crippen LogP contribution in [0.3, 0.4) is 0 Å². The third-order valence-electron chi connectivity index (χ3n) is 4.09. The van der Waals surface area contributed by atoms with E-state index in [2.05, 4.69) is 0 Å². The van der Waals surface area contributed by atoms with Gasteiger partial charge >= 0.3 is 0 Å². The van der Waals surface area contributed by atoms with Crippen LogP contribution in [0.15, 0.2) is 24.3 Å². The Bertz CT molecular complexity index is 487. The van der Waals surface area contributed by atoms with Gasteiger partial charge in [-0.1, -0.05) is 18.2 Å². The summed E-state index contributed by atoms with van der Waals surface area (Å²) in [5.41, 5.74) is 6.80. The lowest BCUT2D eigenvalue weighted by Gasteiger charge is -2.34. The average Bonchev–Trinajstić information content (AvgIpc) is 3.20. The predicted molar refractivity (Wildman–Crippen MR) is 70.8 cm³/mol. The molecule has 1 aliphatic heterocycles. The number of carbonyl (C=O) groups is 1. The third-order valence-corrected chi connectivity index (χ3v) is 4.09. The van der Waals surface area contributed by atoms with E-state index >= 15 is 0 Å². The number of amides is 1. The van der Waals surface area contributed by atoms with E-state index in [0.717, 1.165) is 25.7 Å². The van der Waals surface area contributed by atoms with Gasteiger partial charge in [0.15, 0.2) is 0 Å². The van der Waals surface area contributed by atoms with Crippen LogP contribution in [-0.2, 0) is 4.79 Å². The van der Waals surface area contributed by atoms with Gasteiger partial charge in [-0.25, -0.2) is 4.39 Å². The van der Waals surface area contributed by atoms with Gasteiger partial charge in [0.25, 0.3) is 0 Å². The highest BCUT2D eigenvalue weighted by atomic mass is 19.1. The second kappa shape index (κ2) is 4.93. The normalized spacial score (nSPS) is 28.3. The largest absolute Gasteiger partial charge is 0.331 e. The van der Waals surface area contributed by atoms with Crippen LogP contribution in [0.4, 0.5) is 4.39 Å². The molecule has 2 fully saturated rings. The van der Waals surface area contributed by atoms with Crippen LogP contribution >= 0.6 is 0 Å². The smallest absolute Gasteiger partial charge is 0.223 e. The highest BCUT2D eigenvalue weighted by Crippen LogP contribution is 2.39. The minimum Gasteiger partial charge on any atom is -0.331 e. The molecule has 0 radical (unpaired) electrons. The highest BCUT2D eigenvalue weighted by molar-refractivity contribution is 5.78. The molecule has 1 amide bonds. The Morgan fingerprint density at radius 2 is 1.95 bits per heavy atom. The van der Waals surface area contributed by atoms with Crippen LogP contribution in [0.5, 0.6) is 0 Å². The van der Waals surface area contributed by atoms with Crippen LogP contribution in [-0.4, -0.2) is 22.9 Å². The molecule has 2 aliphatic rings. The summed E-state index contributed by atoms with van der Waals surface area (Å²) in [6, 6.07) is 6.47. The van der Waals surface area contributed by atoms with E-state index < -0.39 is 0 Å². The summed E-state index contributed by atoms with van der Waals surface area (Å²) < 4.78 is 14.1. The van der Waals surface area contributed by atoms with Gasteiger partial charge in [-0.05, 0) is 31.7 Å². The van der Waals surface area contributed by atoms with Crippen molar-refractivity contribution in [1.29, 1.82) is 0 Å². The Hall–Kier alpha value is -1.42. The maximum Gasteiger partial charge on any atom is 0.223 e. The summed E-state index contributed by atoms with van der Waals surface area (Å²) in [4.78, 5) is 14.1. The SMILES string of the molecule is NC1CCCC(=O)N(C2CC2)C1c1ccccc1F. The first-order valence-corrected chi connectivity index (χ1v) is 6.99. The van der Waals surface area contributed by atoms with Crippen molar-refractivity contribution in [3.05, 3.63) is 35.6 Å². The molecule has 0 bridgehead atoms. The lowest BCUT2D eigenvalue weighted by atomic mass is 9.95. The summed E-state index contributed by atoms with van der Waals surface area (Å²) >= 11 is 0. The van der Waals surface area contributed by atoms with Crippen molar-refractivity contribution in [2.45, 2.75) is 50.2 Å². The molecule has 2 N–H and O–H groups in total. The standard InChI is InChI=1S/C15H19FN2O/c16-12-5-2-1-4-11(12)15-13(17)6-3-7-14(19)18(15)10-8-9-10/h1-2,4-5,10,13,15H,3,6-9,17H2. The van der Waals surface area contributed by atoms with Crippen LogP contribution in [0.1, 0.15) is 43.7 Å². The van der Waals surface area contributed by atoms with E-state index in [1.807, 2.05) is 11.0 Å². The number of nitrogens with two attached hydrogens (primary N) is 1. The average molecular weight is 262 g/mol. The molecule has 2 unspecified atom stereocenters. The summed E-state index contributed by atoms with van der Waals surface area (Å²) in [5, 5.41) is 0. The second-order valence-electron chi connectivity index (χ2n) is 5.55. The molecule has 1 aromatic carbocycles. The zero-order valence-electron chi connectivity index (χ0n) is 10.9. The van der Waals surface area contributed by atoms with Gasteiger partial charge in [-0.2, -0.15) is 0 Å². The molecule has 1 saturated heterocycles. The van der Waals surface area contributed by atoms with Crippen molar-refractivity contribution in [3.63, 3.8) is 0 Å². The molecular weight excluding hydrogens is 243 g/mol. The quantitative estimate of drug-likeness (QED) is 0.889. The number of hydrogen-bond donors (Lipinski definition) is 1. The molecule has 1 aliphatic carbocycles. The minimum atomic E-state index is -0.302. The van der Waals surface area contributed by atoms with Gasteiger partial charge in [0, 0.05) is 24.1 Å². The monoisotopic (exact) mass is 262 g/mol. The van der Waals surface area contributed by atoms with E-state index in [-0.39, 0.29) is 29.8 Å². The second-order valence-corrected chi connectivity index (χ2v) is 5.55. The van der Waals surface area contributed by atoms with Gasteiger partial charge in [-0.3, -0.25) is 4.79 Å². The van der Waals surface area contributed by atoms with Gasteiger partial charge < -0.3 is 10.6 Å². The van der Waals surface area contributed by atoms with Gasteiger partial charge in [0.1, 0.15) is 5.82 Å². The first kappa shape index (κ1) is 12.6. The highest BCUT2D eigenvalue weighted by Gasteiger charge is 2.42. The Labute approximate surface area is 112 Å². The van der Waals surface area contributed by atoms with Crippen LogP contribution < -0.4 is 5.73 Å². The van der Waals surface area contributed by atoms with Crippen molar-refractivity contribution < 1.29 is 9.18 Å². The van der Waals surface area contributed by atoms with Crippen LogP contribution in [0.2, 0.25) is 0 Å². The lowest BCUT2D eigenvalue weighted by molar-refractivity contribution is -0.134. The number of rotatable bonds is 2. The summed E-state index contributed by atoms with van der Waals surface area (Å²) in [6.45, 7) is 0. The number of hydrogen-bond acceptors (Lipinski definition) is 2. The number of nitrogens with zero attached hydrogens (tertiary/aromatic N) is 1. The summed E-state index contributed by atoms with van der Waals surface area (Å²) in [7, 11) is 0. The molecule has 1 aromatic rings. The van der Waals surface area contributed by atoms with Crippen molar-refractivity contribution in [2.24, 2.45) is 5.73 Å². The molecule has 3 nitrogen and oxygen atoms in total. The van der Waals surface area contributed by atoms with E-state index in [0.29, 0.717) is 12.0 Å². The van der Waals surface area contributed by atoms with E-state index in [4.69, 9.17) is 5.73 Å². The molecular formula is C15H19FN2O. The van der Waals surface area contributed by atoms with Gasteiger partial charge in [0.05, 0.1) is 6.04 Å². The molecule has 1 heterocycles. The summed E-state index contributed by atoms with van der Waals surface area (Å²) in [6.07, 6.45) is 4.14. The fourth-order valence-corrected chi connectivity index (χ4v) is 3.02. The third kappa shape index (κ3) is 2.37. The first-order chi connectivity index (χ1) is 9.18. The molecule has 1 saturated carbocycles. The molecule has 102 valence electrons. The Kier molecular flexibility index (Phi) is 3.27. The zero-order valence-corrected chi connectivity index (χ0v) is 10.9. The number of carbonyl (C=O) groups excluding carboxylic acids is 1. The number of benzene rings is 1. The van der Waals surface area contributed by atoms with E-state index in [9.17, 15) is 9.18 Å². The van der Waals surface area contributed by atoms with Gasteiger partial charge in [0.2, 0.25) is 5.91 Å². The summed E-state index contributed by atoms with van der Waals surface area (Å²) in [5.74, 6) is -0.132. The molecule has 19 heavy (non-hydrogen) atoms. The molecule has 2 atom stereocenters. The van der Waals surface area contributed by atoms with E-state index in [1.165, 1.54) is 6.07 Å². The van der Waals surface area contributed by atoms with E-state index in [1.54, 1.807) is 12.1 Å². The fraction of sp³-hybridized carbons (Fsp3) is 0.533. The predicted octanol–water partition coefficient (Wildman–Crippen LogP) is 2.37. The van der Waals surface area contributed by atoms with Crippen molar-refractivity contribution >= 4 is 5.91 Å². The maximum absolute atomic E-state index is 14.1. The zero-order chi connectivity index (χ0) is 13.4.